The van der Waals surface area contributed by atoms with Crippen molar-refractivity contribution in [1.82, 2.24) is 14.9 Å². The van der Waals surface area contributed by atoms with Crippen molar-refractivity contribution in [3.05, 3.63) is 51.5 Å². The zero-order valence-corrected chi connectivity index (χ0v) is 19.5. The first-order valence-corrected chi connectivity index (χ1v) is 11.7. The summed E-state index contributed by atoms with van der Waals surface area (Å²) in [6.45, 7) is 0.657. The van der Waals surface area contributed by atoms with Gasteiger partial charge in [-0.1, -0.05) is 11.2 Å². The van der Waals surface area contributed by atoms with E-state index in [4.69, 9.17) is 4.84 Å². The van der Waals surface area contributed by atoms with Crippen LogP contribution in [0.4, 0.5) is 22.0 Å². The van der Waals surface area contributed by atoms with E-state index in [9.17, 15) is 26.7 Å². The fourth-order valence-electron chi connectivity index (χ4n) is 3.99. The topological polar surface area (TPSA) is 70.4 Å². The number of likely N-dealkylation sites (tertiary alicyclic amines) is 1. The molecule has 3 heterocycles. The second-order valence-corrected chi connectivity index (χ2v) is 9.19. The average Bonchev–Trinajstić information content (AvgIpc) is 3.47. The Labute approximate surface area is 201 Å². The number of oxime groups is 1. The highest BCUT2D eigenvalue weighted by Gasteiger charge is 2.31. The predicted molar refractivity (Wildman–Crippen MR) is 119 cm³/mol. The lowest BCUT2D eigenvalue weighted by atomic mass is 9.97. The quantitative estimate of drug-likeness (QED) is 0.323. The van der Waals surface area contributed by atoms with E-state index in [1.54, 1.807) is 4.90 Å². The van der Waals surface area contributed by atoms with Crippen molar-refractivity contribution in [2.45, 2.75) is 37.5 Å². The number of benzene rings is 1. The van der Waals surface area contributed by atoms with Gasteiger partial charge >= 0.3 is 6.18 Å². The first-order chi connectivity index (χ1) is 16.6. The van der Waals surface area contributed by atoms with Crippen LogP contribution in [0.5, 0.6) is 0 Å². The van der Waals surface area contributed by atoms with E-state index in [1.165, 1.54) is 36.6 Å². The number of nitrogens with zero attached hydrogens (tertiary/aromatic N) is 5. The van der Waals surface area contributed by atoms with Crippen LogP contribution in [0.25, 0.3) is 0 Å². The first-order valence-electron chi connectivity index (χ1n) is 10.8. The van der Waals surface area contributed by atoms with Crippen molar-refractivity contribution in [1.29, 1.82) is 0 Å². The van der Waals surface area contributed by atoms with Crippen molar-refractivity contribution in [3.63, 3.8) is 0 Å². The van der Waals surface area contributed by atoms with Gasteiger partial charge in [-0.2, -0.15) is 18.3 Å². The molecule has 1 atom stereocenters. The van der Waals surface area contributed by atoms with E-state index in [0.29, 0.717) is 37.3 Å². The third-order valence-corrected chi connectivity index (χ3v) is 6.78. The molecule has 0 bridgehead atoms. The molecule has 1 aromatic heterocycles. The van der Waals surface area contributed by atoms with Gasteiger partial charge in [0.15, 0.2) is 6.10 Å². The van der Waals surface area contributed by atoms with E-state index in [0.717, 1.165) is 10.0 Å². The number of aromatic nitrogens is 1. The molecule has 1 amide bonds. The molecule has 1 unspecified atom stereocenters. The van der Waals surface area contributed by atoms with Crippen molar-refractivity contribution in [2.75, 3.05) is 26.7 Å². The molecule has 0 aliphatic carbocycles. The second-order valence-electron chi connectivity index (χ2n) is 8.30. The number of halogens is 5. The number of carbonyl (C=O) groups is 1. The number of alkyl halides is 3. The molecule has 2 aliphatic rings. The Morgan fingerprint density at radius 1 is 1.29 bits per heavy atom. The number of piperidine rings is 1. The second kappa shape index (κ2) is 10.3. The number of thiazole rings is 1. The van der Waals surface area contributed by atoms with Crippen LogP contribution >= 0.6 is 11.3 Å². The van der Waals surface area contributed by atoms with E-state index in [1.807, 2.05) is 5.38 Å². The summed E-state index contributed by atoms with van der Waals surface area (Å²) in [4.78, 5) is 23.9. The molecule has 1 saturated heterocycles. The van der Waals surface area contributed by atoms with Crippen molar-refractivity contribution in [2.24, 2.45) is 10.3 Å². The number of rotatable bonds is 6. The van der Waals surface area contributed by atoms with Crippen LogP contribution in [-0.2, 0) is 9.63 Å². The van der Waals surface area contributed by atoms with Crippen LogP contribution in [0.15, 0.2) is 33.8 Å². The highest BCUT2D eigenvalue weighted by Crippen LogP contribution is 2.35. The Morgan fingerprint density at radius 3 is 2.63 bits per heavy atom. The summed E-state index contributed by atoms with van der Waals surface area (Å²) >= 11 is 1.44. The molecule has 1 fully saturated rings. The first kappa shape index (κ1) is 25.0. The lowest BCUT2D eigenvalue weighted by molar-refractivity contribution is -0.133. The minimum Gasteiger partial charge on any atom is -0.387 e. The standard InChI is InChI=1S/C22H22F5N5O2S/c1-31(28-12-22(25,26)27)10-19(33)32-7-5-13(6-8-32)21-29-17(11-35-21)16-9-18(34-30-16)20-14(23)3-2-4-15(20)24/h2-4,11-13,18H,5-10H2,1H3. The Kier molecular flexibility index (Phi) is 7.33. The minimum absolute atomic E-state index is 0.113. The van der Waals surface area contributed by atoms with E-state index in [-0.39, 0.29) is 36.6 Å². The van der Waals surface area contributed by atoms with Crippen LogP contribution in [0.2, 0.25) is 0 Å². The molecule has 0 radical (unpaired) electrons. The van der Waals surface area contributed by atoms with E-state index in [2.05, 4.69) is 15.2 Å². The summed E-state index contributed by atoms with van der Waals surface area (Å²) in [5, 5.41) is 10.9. The van der Waals surface area contributed by atoms with Crippen molar-refractivity contribution in [3.8, 4) is 0 Å². The number of amides is 1. The summed E-state index contributed by atoms with van der Waals surface area (Å²) in [5.74, 6) is -1.56. The third kappa shape index (κ3) is 6.13. The largest absolute Gasteiger partial charge is 0.428 e. The molecule has 4 rings (SSSR count). The smallest absolute Gasteiger partial charge is 0.387 e. The van der Waals surface area contributed by atoms with Gasteiger partial charge in [-0.05, 0) is 25.0 Å². The molecule has 0 N–H and O–H groups in total. The van der Waals surface area contributed by atoms with Gasteiger partial charge in [-0.15, -0.1) is 11.3 Å². The number of likely N-dealkylation sites (N-methyl/N-ethyl adjacent to an activating group) is 1. The Morgan fingerprint density at radius 2 is 1.97 bits per heavy atom. The normalized spacial score (nSPS) is 19.2. The van der Waals surface area contributed by atoms with E-state index >= 15 is 0 Å². The number of hydrazone groups is 1. The highest BCUT2D eigenvalue weighted by atomic mass is 32.1. The zero-order chi connectivity index (χ0) is 25.2. The number of hydrogen-bond donors (Lipinski definition) is 0. The van der Waals surface area contributed by atoms with E-state index < -0.39 is 23.9 Å². The predicted octanol–water partition coefficient (Wildman–Crippen LogP) is 4.47. The van der Waals surface area contributed by atoms with Gasteiger partial charge in [-0.3, -0.25) is 9.80 Å². The molecular weight excluding hydrogens is 493 g/mol. The van der Waals surface area contributed by atoms with Gasteiger partial charge in [0, 0.05) is 37.9 Å². The molecule has 188 valence electrons. The van der Waals surface area contributed by atoms with Crippen LogP contribution in [-0.4, -0.2) is 65.6 Å². The van der Waals surface area contributed by atoms with Crippen LogP contribution < -0.4 is 0 Å². The van der Waals surface area contributed by atoms with Gasteiger partial charge in [0.25, 0.3) is 0 Å². The van der Waals surface area contributed by atoms with Crippen LogP contribution in [0, 0.1) is 11.6 Å². The third-order valence-electron chi connectivity index (χ3n) is 5.77. The van der Waals surface area contributed by atoms with Crippen molar-refractivity contribution < 1.29 is 31.6 Å². The van der Waals surface area contributed by atoms with Crippen molar-refractivity contribution >= 4 is 29.2 Å². The summed E-state index contributed by atoms with van der Waals surface area (Å²) in [6, 6.07) is 3.63. The van der Waals surface area contributed by atoms with Gasteiger partial charge in [-0.25, -0.2) is 13.8 Å². The average molecular weight is 516 g/mol. The number of carbonyl (C=O) groups excluding carboxylic acids is 1. The number of hydrogen-bond acceptors (Lipinski definition) is 7. The molecule has 35 heavy (non-hydrogen) atoms. The zero-order valence-electron chi connectivity index (χ0n) is 18.6. The van der Waals surface area contributed by atoms with Gasteiger partial charge in [0.1, 0.15) is 30.1 Å². The summed E-state index contributed by atoms with van der Waals surface area (Å²) in [7, 11) is 1.31. The molecule has 1 aromatic carbocycles. The maximum Gasteiger partial charge on any atom is 0.428 e. The fourth-order valence-corrected chi connectivity index (χ4v) is 4.99. The maximum absolute atomic E-state index is 14.1. The molecule has 0 spiro atoms. The fraction of sp³-hybridized carbons (Fsp3) is 0.455. The lowest BCUT2D eigenvalue weighted by Crippen LogP contribution is -2.42. The van der Waals surface area contributed by atoms with Gasteiger partial charge in [0.05, 0.1) is 16.3 Å². The Bertz CT molecular complexity index is 1110. The molecule has 7 nitrogen and oxygen atoms in total. The molecule has 13 heteroatoms. The highest BCUT2D eigenvalue weighted by molar-refractivity contribution is 7.10. The SMILES string of the molecule is CN(CC(=O)N1CCC(c2nc(C3=NOC(c4c(F)cccc4F)C3)cs2)CC1)N=CC(F)(F)F. The minimum atomic E-state index is -4.53. The van der Waals surface area contributed by atoms with Gasteiger partial charge in [0.2, 0.25) is 5.91 Å². The summed E-state index contributed by atoms with van der Waals surface area (Å²) in [6.07, 6.45) is -4.04. The molecular formula is C22H22F5N5O2S. The van der Waals surface area contributed by atoms with Gasteiger partial charge < -0.3 is 9.74 Å². The summed E-state index contributed by atoms with van der Waals surface area (Å²) in [5.41, 5.74) is 0.940. The maximum atomic E-state index is 14.1. The molecule has 2 aromatic rings. The van der Waals surface area contributed by atoms with Crippen LogP contribution in [0.1, 0.15) is 47.5 Å². The lowest BCUT2D eigenvalue weighted by Gasteiger charge is -2.32. The molecule has 0 saturated carbocycles. The Balaban J connectivity index is 1.30. The summed E-state index contributed by atoms with van der Waals surface area (Å²) < 4.78 is 64.8. The molecule has 2 aliphatic heterocycles. The monoisotopic (exact) mass is 515 g/mol. The van der Waals surface area contributed by atoms with Crippen LogP contribution in [0.3, 0.4) is 0 Å². The Hall–Kier alpha value is -3.09.